The highest BCUT2D eigenvalue weighted by Crippen LogP contribution is 2.16. The number of nitrogens with one attached hydrogen (secondary N) is 1. The molecule has 1 aliphatic rings. The van der Waals surface area contributed by atoms with Crippen molar-refractivity contribution in [1.29, 1.82) is 0 Å². The molecule has 0 aromatic carbocycles. The van der Waals surface area contributed by atoms with Gasteiger partial charge in [0.2, 0.25) is 5.91 Å². The van der Waals surface area contributed by atoms with Crippen molar-refractivity contribution >= 4 is 5.91 Å². The molecule has 0 radical (unpaired) electrons. The molecule has 1 fully saturated rings. The molecule has 100 valence electrons. The average molecular weight is 242 g/mol. The van der Waals surface area contributed by atoms with Crippen LogP contribution < -0.4 is 5.32 Å². The van der Waals surface area contributed by atoms with Gasteiger partial charge in [0, 0.05) is 19.5 Å². The Bertz CT molecular complexity index is 248. The zero-order valence-corrected chi connectivity index (χ0v) is 11.3. The van der Waals surface area contributed by atoms with Gasteiger partial charge in [-0.1, -0.05) is 6.42 Å². The summed E-state index contributed by atoms with van der Waals surface area (Å²) in [5, 5.41) is 12.7. The molecule has 0 aromatic rings. The van der Waals surface area contributed by atoms with Crippen molar-refractivity contribution in [3.63, 3.8) is 0 Å². The van der Waals surface area contributed by atoms with Crippen molar-refractivity contribution in [1.82, 2.24) is 10.2 Å². The summed E-state index contributed by atoms with van der Waals surface area (Å²) in [4.78, 5) is 13.6. The molecule has 1 saturated heterocycles. The lowest BCUT2D eigenvalue weighted by atomic mass is 9.99. The van der Waals surface area contributed by atoms with Gasteiger partial charge in [-0.15, -0.1) is 0 Å². The minimum absolute atomic E-state index is 0.00306. The number of carbonyl (C=O) groups is 1. The number of likely N-dealkylation sites (N-methyl/N-ethyl adjacent to an activating group) is 1. The predicted octanol–water partition coefficient (Wildman–Crippen LogP) is 1.14. The van der Waals surface area contributed by atoms with Gasteiger partial charge in [0.05, 0.1) is 12.1 Å². The van der Waals surface area contributed by atoms with Crippen molar-refractivity contribution in [2.24, 2.45) is 0 Å². The molecule has 1 amide bonds. The molecule has 1 atom stereocenters. The van der Waals surface area contributed by atoms with Crippen LogP contribution in [-0.2, 0) is 4.79 Å². The van der Waals surface area contributed by atoms with Gasteiger partial charge in [-0.2, -0.15) is 0 Å². The monoisotopic (exact) mass is 242 g/mol. The summed E-state index contributed by atoms with van der Waals surface area (Å²) in [5.41, 5.74) is -0.461. The number of piperidine rings is 1. The summed E-state index contributed by atoms with van der Waals surface area (Å²) < 4.78 is 0. The van der Waals surface area contributed by atoms with Gasteiger partial charge in [0.15, 0.2) is 0 Å². The standard InChI is InChI=1S/C13H26N2O2/c1-13(2,10-16)15(3)12(17)8-7-11-6-4-5-9-14-11/h11,14,16H,4-10H2,1-3H3. The van der Waals surface area contributed by atoms with Gasteiger partial charge >= 0.3 is 0 Å². The number of rotatable bonds is 5. The third-order valence-corrected chi connectivity index (χ3v) is 3.79. The zero-order chi connectivity index (χ0) is 12.9. The topological polar surface area (TPSA) is 52.6 Å². The molecule has 0 aliphatic carbocycles. The minimum atomic E-state index is -0.461. The molecule has 0 aromatic heterocycles. The Morgan fingerprint density at radius 1 is 1.47 bits per heavy atom. The SMILES string of the molecule is CN(C(=O)CCC1CCCCN1)C(C)(C)CO. The van der Waals surface area contributed by atoms with Gasteiger partial charge in [-0.25, -0.2) is 0 Å². The van der Waals surface area contributed by atoms with Crippen molar-refractivity contribution in [3.05, 3.63) is 0 Å². The molecular formula is C13H26N2O2. The third kappa shape index (κ3) is 4.28. The fourth-order valence-electron chi connectivity index (χ4n) is 2.08. The van der Waals surface area contributed by atoms with Crippen LogP contribution in [0, 0.1) is 0 Å². The second kappa shape index (κ2) is 6.36. The Balaban J connectivity index is 2.33. The quantitative estimate of drug-likeness (QED) is 0.760. The van der Waals surface area contributed by atoms with E-state index >= 15 is 0 Å². The third-order valence-electron chi connectivity index (χ3n) is 3.79. The fourth-order valence-corrected chi connectivity index (χ4v) is 2.08. The maximum Gasteiger partial charge on any atom is 0.222 e. The van der Waals surface area contributed by atoms with Crippen LogP contribution >= 0.6 is 0 Å². The number of carbonyl (C=O) groups excluding carboxylic acids is 1. The Labute approximate surface area is 104 Å². The first-order valence-electron chi connectivity index (χ1n) is 6.58. The first-order chi connectivity index (χ1) is 7.97. The largest absolute Gasteiger partial charge is 0.394 e. The van der Waals surface area contributed by atoms with E-state index in [2.05, 4.69) is 5.32 Å². The Morgan fingerprint density at radius 3 is 2.71 bits per heavy atom. The molecule has 4 heteroatoms. The molecule has 2 N–H and O–H groups in total. The van der Waals surface area contributed by atoms with Gasteiger partial charge in [-0.3, -0.25) is 4.79 Å². The Morgan fingerprint density at radius 2 is 2.18 bits per heavy atom. The normalized spacial score (nSPS) is 21.3. The maximum atomic E-state index is 12.0. The lowest BCUT2D eigenvalue weighted by molar-refractivity contribution is -0.136. The second-order valence-electron chi connectivity index (χ2n) is 5.61. The number of aliphatic hydroxyl groups excluding tert-OH is 1. The molecule has 1 aliphatic heterocycles. The summed E-state index contributed by atoms with van der Waals surface area (Å²) in [6, 6.07) is 0.498. The first kappa shape index (κ1) is 14.5. The lowest BCUT2D eigenvalue weighted by Gasteiger charge is -2.34. The van der Waals surface area contributed by atoms with E-state index in [1.54, 1.807) is 11.9 Å². The highest BCUT2D eigenvalue weighted by molar-refractivity contribution is 5.76. The number of nitrogens with zero attached hydrogens (tertiary/aromatic N) is 1. The maximum absolute atomic E-state index is 12.0. The number of hydrogen-bond acceptors (Lipinski definition) is 3. The van der Waals surface area contributed by atoms with Crippen LogP contribution in [0.2, 0.25) is 0 Å². The van der Waals surface area contributed by atoms with E-state index in [1.807, 2.05) is 13.8 Å². The van der Waals surface area contributed by atoms with E-state index in [0.29, 0.717) is 12.5 Å². The second-order valence-corrected chi connectivity index (χ2v) is 5.61. The summed E-state index contributed by atoms with van der Waals surface area (Å²) in [5.74, 6) is 0.122. The summed E-state index contributed by atoms with van der Waals surface area (Å²) >= 11 is 0. The van der Waals surface area contributed by atoms with E-state index in [9.17, 15) is 9.90 Å². The fraction of sp³-hybridized carbons (Fsp3) is 0.923. The molecule has 1 rings (SSSR count). The molecule has 1 heterocycles. The smallest absolute Gasteiger partial charge is 0.222 e. The van der Waals surface area contributed by atoms with Crippen molar-refractivity contribution in [2.75, 3.05) is 20.2 Å². The number of hydrogen-bond donors (Lipinski definition) is 2. The highest BCUT2D eigenvalue weighted by atomic mass is 16.3. The highest BCUT2D eigenvalue weighted by Gasteiger charge is 2.27. The number of amides is 1. The molecule has 0 saturated carbocycles. The zero-order valence-electron chi connectivity index (χ0n) is 11.3. The van der Waals surface area contributed by atoms with Crippen LogP contribution in [0.1, 0.15) is 46.0 Å². The summed E-state index contributed by atoms with van der Waals surface area (Å²) in [6.07, 6.45) is 5.17. The average Bonchev–Trinajstić information content (AvgIpc) is 2.36. The van der Waals surface area contributed by atoms with Crippen LogP contribution in [0.3, 0.4) is 0 Å². The van der Waals surface area contributed by atoms with Gasteiger partial charge in [-0.05, 0) is 39.7 Å². The van der Waals surface area contributed by atoms with Crippen molar-refractivity contribution in [3.8, 4) is 0 Å². The van der Waals surface area contributed by atoms with E-state index in [1.165, 1.54) is 19.3 Å². The van der Waals surface area contributed by atoms with Crippen LogP contribution in [0.4, 0.5) is 0 Å². The van der Waals surface area contributed by atoms with Crippen LogP contribution in [0.5, 0.6) is 0 Å². The van der Waals surface area contributed by atoms with Gasteiger partial charge < -0.3 is 15.3 Å². The Kier molecular flexibility index (Phi) is 5.40. The van der Waals surface area contributed by atoms with E-state index in [4.69, 9.17) is 0 Å². The first-order valence-corrected chi connectivity index (χ1v) is 6.58. The van der Waals surface area contributed by atoms with Crippen LogP contribution in [0.15, 0.2) is 0 Å². The van der Waals surface area contributed by atoms with E-state index < -0.39 is 5.54 Å². The molecule has 0 bridgehead atoms. The molecule has 0 spiro atoms. The summed E-state index contributed by atoms with van der Waals surface area (Å²) in [7, 11) is 1.77. The van der Waals surface area contributed by atoms with Crippen molar-refractivity contribution < 1.29 is 9.90 Å². The minimum Gasteiger partial charge on any atom is -0.394 e. The number of aliphatic hydroxyl groups is 1. The van der Waals surface area contributed by atoms with Gasteiger partial charge in [0.1, 0.15) is 0 Å². The Hall–Kier alpha value is -0.610. The summed E-state index contributed by atoms with van der Waals surface area (Å²) in [6.45, 7) is 4.83. The van der Waals surface area contributed by atoms with E-state index in [0.717, 1.165) is 13.0 Å². The molecule has 17 heavy (non-hydrogen) atoms. The van der Waals surface area contributed by atoms with Gasteiger partial charge in [0.25, 0.3) is 0 Å². The molecular weight excluding hydrogens is 216 g/mol. The molecule has 4 nitrogen and oxygen atoms in total. The lowest BCUT2D eigenvalue weighted by Crippen LogP contribution is -2.48. The molecule has 1 unspecified atom stereocenters. The van der Waals surface area contributed by atoms with Crippen LogP contribution in [-0.4, -0.2) is 47.7 Å². The van der Waals surface area contributed by atoms with Crippen molar-refractivity contribution in [2.45, 2.75) is 57.5 Å². The van der Waals surface area contributed by atoms with E-state index in [-0.39, 0.29) is 12.5 Å². The van der Waals surface area contributed by atoms with Crippen LogP contribution in [0.25, 0.3) is 0 Å². The predicted molar refractivity (Wildman–Crippen MR) is 68.8 cm³/mol.